The first kappa shape index (κ1) is 10.6. The Kier molecular flexibility index (Phi) is 4.58. The van der Waals surface area contributed by atoms with Crippen LogP contribution in [0.5, 0.6) is 5.75 Å². The van der Waals surface area contributed by atoms with Gasteiger partial charge in [0.15, 0.2) is 0 Å². The van der Waals surface area contributed by atoms with E-state index in [0.717, 1.165) is 17.9 Å². The van der Waals surface area contributed by atoms with Crippen LogP contribution in [0.2, 0.25) is 0 Å². The summed E-state index contributed by atoms with van der Waals surface area (Å²) in [6.07, 6.45) is 2.49. The van der Waals surface area contributed by atoms with Crippen molar-refractivity contribution in [3.8, 4) is 5.75 Å². The highest BCUT2D eigenvalue weighted by atomic mass is 16.6. The van der Waals surface area contributed by atoms with Crippen LogP contribution in [0.15, 0.2) is 42.3 Å². The minimum absolute atomic E-state index is 0.816. The summed E-state index contributed by atoms with van der Waals surface area (Å²) in [5.74, 6) is 0.816. The summed E-state index contributed by atoms with van der Waals surface area (Å²) >= 11 is 0. The molecule has 0 amide bonds. The van der Waals surface area contributed by atoms with E-state index in [-0.39, 0.29) is 0 Å². The lowest BCUT2D eigenvalue weighted by molar-refractivity contribution is 0.113. The van der Waals surface area contributed by atoms with Gasteiger partial charge in [-0.2, -0.15) is 0 Å². The van der Waals surface area contributed by atoms with Crippen molar-refractivity contribution < 1.29 is 9.57 Å². The monoisotopic (exact) mass is 193 g/mol. The summed E-state index contributed by atoms with van der Waals surface area (Å²) in [5.41, 5.74) is 3.64. The van der Waals surface area contributed by atoms with E-state index in [1.165, 1.54) is 0 Å². The number of para-hydroxylation sites is 1. The van der Waals surface area contributed by atoms with Crippen molar-refractivity contribution in [2.24, 2.45) is 0 Å². The highest BCUT2D eigenvalue weighted by molar-refractivity contribution is 5.22. The van der Waals surface area contributed by atoms with Crippen molar-refractivity contribution in [3.05, 3.63) is 42.3 Å². The molecule has 1 N–H and O–H groups in total. The maximum Gasteiger partial charge on any atom is 0.126 e. The molecule has 0 bridgehead atoms. The molecule has 0 aliphatic carbocycles. The van der Waals surface area contributed by atoms with Crippen LogP contribution in [-0.2, 0) is 4.84 Å². The molecule has 0 aliphatic heterocycles. The second kappa shape index (κ2) is 6.05. The van der Waals surface area contributed by atoms with E-state index < -0.39 is 0 Å². The van der Waals surface area contributed by atoms with Gasteiger partial charge in [0.05, 0.1) is 12.8 Å². The number of rotatable bonds is 5. The minimum Gasteiger partial charge on any atom is -0.463 e. The van der Waals surface area contributed by atoms with Crippen LogP contribution in [0.1, 0.15) is 13.3 Å². The Bertz CT molecular complexity index is 283. The van der Waals surface area contributed by atoms with Crippen LogP contribution in [0.3, 0.4) is 0 Å². The highest BCUT2D eigenvalue weighted by Crippen LogP contribution is 2.09. The third kappa shape index (κ3) is 3.49. The maximum atomic E-state index is 5.41. The molecule has 0 aromatic heterocycles. The summed E-state index contributed by atoms with van der Waals surface area (Å²) < 4.78 is 5.41. The van der Waals surface area contributed by atoms with E-state index in [1.807, 2.05) is 37.3 Å². The lowest BCUT2D eigenvalue weighted by Gasteiger charge is -2.06. The van der Waals surface area contributed by atoms with Crippen LogP contribution < -0.4 is 10.2 Å². The molecule has 3 heteroatoms. The Labute approximate surface area is 84.3 Å². The van der Waals surface area contributed by atoms with Crippen molar-refractivity contribution in [1.29, 1.82) is 0 Å². The van der Waals surface area contributed by atoms with Crippen molar-refractivity contribution in [2.45, 2.75) is 13.3 Å². The lowest BCUT2D eigenvalue weighted by Crippen LogP contribution is -2.11. The smallest absolute Gasteiger partial charge is 0.126 e. The van der Waals surface area contributed by atoms with Gasteiger partial charge in [-0.15, -0.1) is 0 Å². The van der Waals surface area contributed by atoms with Gasteiger partial charge in [0, 0.05) is 0 Å². The fraction of sp³-hybridized carbons (Fsp3) is 0.273. The van der Waals surface area contributed by atoms with Gasteiger partial charge in [-0.25, -0.2) is 0 Å². The van der Waals surface area contributed by atoms with E-state index >= 15 is 0 Å². The topological polar surface area (TPSA) is 30.5 Å². The molecule has 76 valence electrons. The zero-order valence-electron chi connectivity index (χ0n) is 8.49. The van der Waals surface area contributed by atoms with Gasteiger partial charge in [-0.1, -0.05) is 25.1 Å². The number of ether oxygens (including phenoxy) is 1. The highest BCUT2D eigenvalue weighted by Gasteiger charge is 1.93. The number of hydrogen-bond donors (Lipinski definition) is 1. The predicted octanol–water partition coefficient (Wildman–Crippen LogP) is 2.47. The Balaban J connectivity index is 2.52. The molecular formula is C11H15NO2. The number of hydroxylamine groups is 1. The Morgan fingerprint density at radius 3 is 2.64 bits per heavy atom. The molecule has 0 heterocycles. The molecule has 1 aromatic rings. The molecular weight excluding hydrogens is 178 g/mol. The van der Waals surface area contributed by atoms with Crippen LogP contribution in [-0.4, -0.2) is 7.11 Å². The minimum atomic E-state index is 0.816. The van der Waals surface area contributed by atoms with Crippen LogP contribution in [0.4, 0.5) is 0 Å². The lowest BCUT2D eigenvalue weighted by atomic mass is 10.3. The Morgan fingerprint density at radius 1 is 1.36 bits per heavy atom. The van der Waals surface area contributed by atoms with Crippen molar-refractivity contribution in [1.82, 2.24) is 5.48 Å². The van der Waals surface area contributed by atoms with Gasteiger partial charge in [0.2, 0.25) is 0 Å². The first-order valence-corrected chi connectivity index (χ1v) is 4.56. The van der Waals surface area contributed by atoms with Gasteiger partial charge in [-0.3, -0.25) is 10.3 Å². The molecule has 1 aromatic carbocycles. The zero-order valence-corrected chi connectivity index (χ0v) is 8.49. The SMILES string of the molecule is CCC(=COc1ccccc1)NOC. The zero-order chi connectivity index (χ0) is 10.2. The van der Waals surface area contributed by atoms with Crippen molar-refractivity contribution in [2.75, 3.05) is 7.11 Å². The molecule has 0 radical (unpaired) electrons. The maximum absolute atomic E-state index is 5.41. The van der Waals surface area contributed by atoms with Crippen LogP contribution in [0, 0.1) is 0 Å². The molecule has 0 fully saturated rings. The summed E-state index contributed by atoms with van der Waals surface area (Å²) in [6, 6.07) is 9.61. The van der Waals surface area contributed by atoms with Crippen molar-refractivity contribution >= 4 is 0 Å². The van der Waals surface area contributed by atoms with Gasteiger partial charge >= 0.3 is 0 Å². The van der Waals surface area contributed by atoms with E-state index in [2.05, 4.69) is 5.48 Å². The standard InChI is InChI=1S/C11H15NO2/c1-3-10(12-13-2)9-14-11-7-5-4-6-8-11/h4-9,12H,3H2,1-2H3. The van der Waals surface area contributed by atoms with Gasteiger partial charge < -0.3 is 4.74 Å². The second-order valence-corrected chi connectivity index (χ2v) is 2.73. The average Bonchev–Trinajstić information content (AvgIpc) is 2.25. The van der Waals surface area contributed by atoms with Gasteiger partial charge in [-0.05, 0) is 18.6 Å². The Morgan fingerprint density at radius 2 is 2.07 bits per heavy atom. The molecule has 1 rings (SSSR count). The largest absolute Gasteiger partial charge is 0.463 e. The summed E-state index contributed by atoms with van der Waals surface area (Å²) in [6.45, 7) is 2.02. The molecule has 14 heavy (non-hydrogen) atoms. The fourth-order valence-electron chi connectivity index (χ4n) is 0.949. The second-order valence-electron chi connectivity index (χ2n) is 2.73. The molecule has 0 saturated carbocycles. The normalized spacial score (nSPS) is 11.1. The molecule has 0 aliphatic rings. The molecule has 3 nitrogen and oxygen atoms in total. The third-order valence-electron chi connectivity index (χ3n) is 1.69. The first-order valence-electron chi connectivity index (χ1n) is 4.56. The quantitative estimate of drug-likeness (QED) is 0.575. The van der Waals surface area contributed by atoms with Crippen molar-refractivity contribution in [3.63, 3.8) is 0 Å². The molecule has 0 atom stereocenters. The van der Waals surface area contributed by atoms with Gasteiger partial charge in [0.1, 0.15) is 12.0 Å². The van der Waals surface area contributed by atoms with Gasteiger partial charge in [0.25, 0.3) is 0 Å². The van der Waals surface area contributed by atoms with E-state index in [1.54, 1.807) is 13.4 Å². The summed E-state index contributed by atoms with van der Waals surface area (Å²) in [4.78, 5) is 4.78. The Hall–Kier alpha value is -1.48. The van der Waals surface area contributed by atoms with E-state index in [0.29, 0.717) is 0 Å². The van der Waals surface area contributed by atoms with Crippen LogP contribution in [0.25, 0.3) is 0 Å². The van der Waals surface area contributed by atoms with E-state index in [4.69, 9.17) is 9.57 Å². The number of nitrogens with one attached hydrogen (secondary N) is 1. The van der Waals surface area contributed by atoms with E-state index in [9.17, 15) is 0 Å². The molecule has 0 spiro atoms. The number of benzene rings is 1. The molecule has 0 saturated heterocycles. The fourth-order valence-corrected chi connectivity index (χ4v) is 0.949. The number of hydrogen-bond acceptors (Lipinski definition) is 3. The summed E-state index contributed by atoms with van der Waals surface area (Å²) in [7, 11) is 1.58. The predicted molar refractivity (Wildman–Crippen MR) is 55.6 cm³/mol. The molecule has 0 unspecified atom stereocenters. The van der Waals surface area contributed by atoms with Crippen LogP contribution >= 0.6 is 0 Å². The average molecular weight is 193 g/mol. The summed E-state index contributed by atoms with van der Waals surface area (Å²) in [5, 5.41) is 0. The number of allylic oxidation sites excluding steroid dienone is 1. The third-order valence-corrected chi connectivity index (χ3v) is 1.69. The first-order chi connectivity index (χ1) is 6.86.